The van der Waals surface area contributed by atoms with Gasteiger partial charge in [-0.3, -0.25) is 4.79 Å². The molecule has 16 heavy (non-hydrogen) atoms. The number of rotatable bonds is 4. The van der Waals surface area contributed by atoms with Crippen molar-refractivity contribution in [3.8, 4) is 0 Å². The quantitative estimate of drug-likeness (QED) is 0.599. The van der Waals surface area contributed by atoms with Gasteiger partial charge in [0.25, 0.3) is 0 Å². The summed E-state index contributed by atoms with van der Waals surface area (Å²) in [4.78, 5) is 22.5. The summed E-state index contributed by atoms with van der Waals surface area (Å²) in [5.41, 5.74) is 6.27. The molecule has 1 aliphatic rings. The van der Waals surface area contributed by atoms with Crippen LogP contribution in [0.5, 0.6) is 0 Å². The number of carbonyl (C=O) groups excluding carboxylic acids is 1. The Bertz CT molecular complexity index is 450. The first-order chi connectivity index (χ1) is 7.58. The van der Waals surface area contributed by atoms with Crippen molar-refractivity contribution in [3.63, 3.8) is 0 Å². The number of ketones is 1. The van der Waals surface area contributed by atoms with Crippen molar-refractivity contribution in [3.05, 3.63) is 29.3 Å². The molecule has 2 rings (SSSR count). The SMILES string of the molecule is Nc1cc(C(=O)CC2CC2)ccc1C(=O)O. The number of carboxylic acid groups (broad SMARTS) is 1. The molecular formula is C12H13NO3. The summed E-state index contributed by atoms with van der Waals surface area (Å²) >= 11 is 0. The molecule has 4 heteroatoms. The highest BCUT2D eigenvalue weighted by molar-refractivity contribution is 6.00. The molecule has 1 aromatic carbocycles. The van der Waals surface area contributed by atoms with Crippen LogP contribution < -0.4 is 5.73 Å². The van der Waals surface area contributed by atoms with Crippen LogP contribution in [0, 0.1) is 5.92 Å². The highest BCUT2D eigenvalue weighted by Crippen LogP contribution is 2.33. The Kier molecular flexibility index (Phi) is 2.64. The first kappa shape index (κ1) is 10.7. The fourth-order valence-corrected chi connectivity index (χ4v) is 1.63. The minimum Gasteiger partial charge on any atom is -0.478 e. The van der Waals surface area contributed by atoms with Gasteiger partial charge in [-0.15, -0.1) is 0 Å². The molecule has 0 spiro atoms. The predicted molar refractivity (Wildman–Crippen MR) is 59.5 cm³/mol. The van der Waals surface area contributed by atoms with Crippen molar-refractivity contribution in [2.45, 2.75) is 19.3 Å². The molecule has 3 N–H and O–H groups in total. The molecule has 1 saturated carbocycles. The molecule has 0 heterocycles. The van der Waals surface area contributed by atoms with Gasteiger partial charge in [0, 0.05) is 17.7 Å². The van der Waals surface area contributed by atoms with Gasteiger partial charge < -0.3 is 10.8 Å². The molecule has 0 aliphatic heterocycles. The first-order valence-electron chi connectivity index (χ1n) is 5.24. The van der Waals surface area contributed by atoms with Crippen molar-refractivity contribution in [2.75, 3.05) is 5.73 Å². The lowest BCUT2D eigenvalue weighted by atomic mass is 10.0. The Morgan fingerprint density at radius 1 is 1.38 bits per heavy atom. The summed E-state index contributed by atoms with van der Waals surface area (Å²) in [7, 11) is 0. The van der Waals surface area contributed by atoms with Crippen molar-refractivity contribution in [1.29, 1.82) is 0 Å². The number of carbonyl (C=O) groups is 2. The molecule has 0 saturated heterocycles. The van der Waals surface area contributed by atoms with Crippen LogP contribution in [0.25, 0.3) is 0 Å². The van der Waals surface area contributed by atoms with E-state index in [1.165, 1.54) is 18.2 Å². The van der Waals surface area contributed by atoms with Crippen LogP contribution in [0.15, 0.2) is 18.2 Å². The highest BCUT2D eigenvalue weighted by atomic mass is 16.4. The van der Waals surface area contributed by atoms with E-state index in [0.717, 1.165) is 12.8 Å². The summed E-state index contributed by atoms with van der Waals surface area (Å²) in [5, 5.41) is 8.79. The third kappa shape index (κ3) is 2.21. The number of anilines is 1. The summed E-state index contributed by atoms with van der Waals surface area (Å²) in [5.74, 6) is -0.502. The van der Waals surface area contributed by atoms with E-state index in [-0.39, 0.29) is 17.0 Å². The van der Waals surface area contributed by atoms with E-state index in [2.05, 4.69) is 0 Å². The topological polar surface area (TPSA) is 80.4 Å². The van der Waals surface area contributed by atoms with E-state index < -0.39 is 5.97 Å². The minimum absolute atomic E-state index is 0.0444. The lowest BCUT2D eigenvalue weighted by molar-refractivity contribution is 0.0697. The van der Waals surface area contributed by atoms with Crippen LogP contribution in [0.3, 0.4) is 0 Å². The summed E-state index contributed by atoms with van der Waals surface area (Å²) in [6.45, 7) is 0. The van der Waals surface area contributed by atoms with Gasteiger partial charge in [-0.05, 0) is 30.9 Å². The van der Waals surface area contributed by atoms with E-state index in [9.17, 15) is 9.59 Å². The second-order valence-corrected chi connectivity index (χ2v) is 4.18. The molecule has 84 valence electrons. The Labute approximate surface area is 93.1 Å². The normalized spacial score (nSPS) is 14.8. The van der Waals surface area contributed by atoms with Gasteiger partial charge in [-0.1, -0.05) is 6.07 Å². The van der Waals surface area contributed by atoms with Gasteiger partial charge in [-0.25, -0.2) is 4.79 Å². The second-order valence-electron chi connectivity index (χ2n) is 4.18. The Morgan fingerprint density at radius 3 is 2.56 bits per heavy atom. The van der Waals surface area contributed by atoms with Crippen molar-refractivity contribution in [1.82, 2.24) is 0 Å². The van der Waals surface area contributed by atoms with Gasteiger partial charge in [0.1, 0.15) is 0 Å². The average Bonchev–Trinajstić information content (AvgIpc) is 3.00. The molecule has 0 bridgehead atoms. The van der Waals surface area contributed by atoms with E-state index >= 15 is 0 Å². The zero-order chi connectivity index (χ0) is 11.7. The maximum absolute atomic E-state index is 11.7. The number of carboxylic acids is 1. The smallest absolute Gasteiger partial charge is 0.337 e. The number of aromatic carboxylic acids is 1. The highest BCUT2D eigenvalue weighted by Gasteiger charge is 2.25. The fourth-order valence-electron chi connectivity index (χ4n) is 1.63. The Balaban J connectivity index is 2.19. The number of nitrogen functional groups attached to an aromatic ring is 1. The molecule has 1 fully saturated rings. The molecule has 1 aromatic rings. The molecule has 0 atom stereocenters. The van der Waals surface area contributed by atoms with Gasteiger partial charge in [0.2, 0.25) is 0 Å². The summed E-state index contributed by atoms with van der Waals surface area (Å²) in [6, 6.07) is 4.37. The number of hydrogen-bond donors (Lipinski definition) is 2. The van der Waals surface area contributed by atoms with E-state index in [0.29, 0.717) is 17.9 Å². The maximum atomic E-state index is 11.7. The monoisotopic (exact) mass is 219 g/mol. The zero-order valence-electron chi connectivity index (χ0n) is 8.77. The molecule has 0 amide bonds. The van der Waals surface area contributed by atoms with Gasteiger partial charge in [0.15, 0.2) is 5.78 Å². The standard InChI is InChI=1S/C12H13NO3/c13-10-6-8(3-4-9(10)12(15)16)11(14)5-7-1-2-7/h3-4,6-7H,1-2,5,13H2,(H,15,16). The molecule has 0 radical (unpaired) electrons. The molecule has 0 aromatic heterocycles. The largest absolute Gasteiger partial charge is 0.478 e. The van der Waals surface area contributed by atoms with Crippen molar-refractivity contribution in [2.24, 2.45) is 5.92 Å². The van der Waals surface area contributed by atoms with Crippen LogP contribution in [-0.4, -0.2) is 16.9 Å². The van der Waals surface area contributed by atoms with Crippen molar-refractivity contribution >= 4 is 17.4 Å². The van der Waals surface area contributed by atoms with E-state index in [4.69, 9.17) is 10.8 Å². The molecule has 1 aliphatic carbocycles. The summed E-state index contributed by atoms with van der Waals surface area (Å²) in [6.07, 6.45) is 2.79. The van der Waals surface area contributed by atoms with Gasteiger partial charge in [-0.2, -0.15) is 0 Å². The fraction of sp³-hybridized carbons (Fsp3) is 0.333. The minimum atomic E-state index is -1.07. The van der Waals surface area contributed by atoms with Gasteiger partial charge in [0.05, 0.1) is 5.56 Å². The van der Waals surface area contributed by atoms with Crippen molar-refractivity contribution < 1.29 is 14.7 Å². The van der Waals surface area contributed by atoms with E-state index in [1.54, 1.807) is 0 Å². The molecule has 4 nitrogen and oxygen atoms in total. The third-order valence-electron chi connectivity index (χ3n) is 2.77. The summed E-state index contributed by atoms with van der Waals surface area (Å²) < 4.78 is 0. The van der Waals surface area contributed by atoms with Crippen LogP contribution in [0.2, 0.25) is 0 Å². The number of benzene rings is 1. The predicted octanol–water partition coefficient (Wildman–Crippen LogP) is 1.95. The zero-order valence-corrected chi connectivity index (χ0v) is 8.77. The van der Waals surface area contributed by atoms with Gasteiger partial charge >= 0.3 is 5.97 Å². The number of Topliss-reactive ketones (excluding diaryl/α,β-unsaturated/α-hetero) is 1. The lowest BCUT2D eigenvalue weighted by Crippen LogP contribution is -2.06. The van der Waals surface area contributed by atoms with Crippen LogP contribution in [0.4, 0.5) is 5.69 Å². The number of nitrogens with two attached hydrogens (primary N) is 1. The van der Waals surface area contributed by atoms with E-state index in [1.807, 2.05) is 0 Å². The van der Waals surface area contributed by atoms with Crippen LogP contribution in [-0.2, 0) is 0 Å². The first-order valence-corrected chi connectivity index (χ1v) is 5.24. The Hall–Kier alpha value is -1.84. The van der Waals surface area contributed by atoms with Crippen LogP contribution in [0.1, 0.15) is 40.0 Å². The average molecular weight is 219 g/mol. The maximum Gasteiger partial charge on any atom is 0.337 e. The lowest BCUT2D eigenvalue weighted by Gasteiger charge is -2.04. The molecule has 0 unspecified atom stereocenters. The molecular weight excluding hydrogens is 206 g/mol. The Morgan fingerprint density at radius 2 is 2.06 bits per heavy atom. The second kappa shape index (κ2) is 3.96. The van der Waals surface area contributed by atoms with Crippen LogP contribution >= 0.6 is 0 Å². The third-order valence-corrected chi connectivity index (χ3v) is 2.77. The number of hydrogen-bond acceptors (Lipinski definition) is 3.